The second kappa shape index (κ2) is 5.34. The van der Waals surface area contributed by atoms with Crippen molar-refractivity contribution in [2.75, 3.05) is 6.61 Å². The molecule has 6 nitrogen and oxygen atoms in total. The first-order valence-electron chi connectivity index (χ1n) is 5.71. The standard InChI is InChI=1S/C13H12N2O4/c1-2-19-12(17)11(16)9-3-5-10(6-4-9)15-8-7-14-13(15)18/h3-8H,2H2,1H3,(H,14,18). The summed E-state index contributed by atoms with van der Waals surface area (Å²) >= 11 is 0. The molecule has 2 rings (SSSR count). The number of hydrogen-bond acceptors (Lipinski definition) is 4. The van der Waals surface area contributed by atoms with Crippen LogP contribution in [0.4, 0.5) is 0 Å². The number of ketones is 1. The zero-order valence-corrected chi connectivity index (χ0v) is 10.3. The number of ether oxygens (including phenoxy) is 1. The quantitative estimate of drug-likeness (QED) is 0.503. The smallest absolute Gasteiger partial charge is 0.379 e. The summed E-state index contributed by atoms with van der Waals surface area (Å²) in [6.45, 7) is 1.79. The fraction of sp³-hybridized carbons (Fsp3) is 0.154. The van der Waals surface area contributed by atoms with Gasteiger partial charge in [0, 0.05) is 18.0 Å². The molecule has 0 aliphatic rings. The van der Waals surface area contributed by atoms with Crippen molar-refractivity contribution in [1.29, 1.82) is 0 Å². The molecule has 0 saturated carbocycles. The van der Waals surface area contributed by atoms with E-state index in [2.05, 4.69) is 9.72 Å². The molecule has 0 bridgehead atoms. The second-order valence-electron chi connectivity index (χ2n) is 3.73. The fourth-order valence-corrected chi connectivity index (χ4v) is 1.61. The molecule has 6 heteroatoms. The van der Waals surface area contributed by atoms with Crippen LogP contribution >= 0.6 is 0 Å². The number of esters is 1. The van der Waals surface area contributed by atoms with Crippen LogP contribution in [-0.2, 0) is 9.53 Å². The molecular formula is C13H12N2O4. The highest BCUT2D eigenvalue weighted by molar-refractivity contribution is 6.40. The Balaban J connectivity index is 2.24. The molecule has 0 aliphatic carbocycles. The average Bonchev–Trinajstić information content (AvgIpc) is 2.84. The van der Waals surface area contributed by atoms with Gasteiger partial charge in [0.2, 0.25) is 0 Å². The number of nitrogens with one attached hydrogen (secondary N) is 1. The van der Waals surface area contributed by atoms with E-state index in [4.69, 9.17) is 0 Å². The third-order valence-electron chi connectivity index (χ3n) is 2.52. The Morgan fingerprint density at radius 2 is 1.95 bits per heavy atom. The van der Waals surface area contributed by atoms with E-state index in [9.17, 15) is 14.4 Å². The van der Waals surface area contributed by atoms with E-state index in [1.807, 2.05) is 0 Å². The van der Waals surface area contributed by atoms with E-state index in [0.717, 1.165) is 0 Å². The molecule has 0 saturated heterocycles. The predicted octanol–water partition coefficient (Wildman–Crippen LogP) is 0.911. The summed E-state index contributed by atoms with van der Waals surface area (Å²) in [5.41, 5.74) is 0.557. The van der Waals surface area contributed by atoms with Crippen LogP contribution in [0.5, 0.6) is 0 Å². The van der Waals surface area contributed by atoms with Crippen molar-refractivity contribution in [3.05, 3.63) is 52.7 Å². The van der Waals surface area contributed by atoms with Crippen LogP contribution in [0.2, 0.25) is 0 Å². The first-order valence-corrected chi connectivity index (χ1v) is 5.71. The zero-order valence-electron chi connectivity index (χ0n) is 10.3. The van der Waals surface area contributed by atoms with E-state index >= 15 is 0 Å². The third-order valence-corrected chi connectivity index (χ3v) is 2.52. The minimum Gasteiger partial charge on any atom is -0.460 e. The maximum atomic E-state index is 11.7. The Hall–Kier alpha value is -2.63. The molecule has 0 amide bonds. The van der Waals surface area contributed by atoms with Crippen molar-refractivity contribution >= 4 is 11.8 Å². The number of Topliss-reactive ketones (excluding diaryl/α,β-unsaturated/α-hetero) is 1. The monoisotopic (exact) mass is 260 g/mol. The molecule has 0 aliphatic heterocycles. The number of nitrogens with zero attached hydrogens (tertiary/aromatic N) is 1. The van der Waals surface area contributed by atoms with Gasteiger partial charge in [-0.2, -0.15) is 0 Å². The van der Waals surface area contributed by atoms with Crippen molar-refractivity contribution < 1.29 is 14.3 Å². The van der Waals surface area contributed by atoms with Crippen molar-refractivity contribution in [2.24, 2.45) is 0 Å². The van der Waals surface area contributed by atoms with E-state index in [-0.39, 0.29) is 17.9 Å². The Morgan fingerprint density at radius 3 is 2.47 bits per heavy atom. The van der Waals surface area contributed by atoms with Gasteiger partial charge in [-0.3, -0.25) is 9.36 Å². The number of hydrogen-bond donors (Lipinski definition) is 1. The van der Waals surface area contributed by atoms with Gasteiger partial charge in [0.15, 0.2) is 0 Å². The van der Waals surface area contributed by atoms with Gasteiger partial charge in [-0.05, 0) is 31.2 Å². The van der Waals surface area contributed by atoms with E-state index < -0.39 is 11.8 Å². The number of rotatable bonds is 4. The summed E-state index contributed by atoms with van der Waals surface area (Å²) in [5, 5.41) is 0. The highest BCUT2D eigenvalue weighted by atomic mass is 16.5. The molecule has 0 unspecified atom stereocenters. The van der Waals surface area contributed by atoms with Crippen LogP contribution in [0.3, 0.4) is 0 Å². The van der Waals surface area contributed by atoms with Gasteiger partial charge in [-0.15, -0.1) is 0 Å². The first kappa shape index (κ1) is 12.8. The summed E-state index contributed by atoms with van der Waals surface area (Å²) in [7, 11) is 0. The normalized spacial score (nSPS) is 10.2. The molecular weight excluding hydrogens is 248 g/mol. The Morgan fingerprint density at radius 1 is 1.26 bits per heavy atom. The topological polar surface area (TPSA) is 81.2 Å². The number of carbonyl (C=O) groups is 2. The average molecular weight is 260 g/mol. The molecule has 1 aromatic heterocycles. The van der Waals surface area contributed by atoms with Gasteiger partial charge in [0.25, 0.3) is 5.78 Å². The summed E-state index contributed by atoms with van der Waals surface area (Å²) < 4.78 is 6.02. The highest BCUT2D eigenvalue weighted by Crippen LogP contribution is 2.09. The minimum absolute atomic E-state index is 0.154. The lowest BCUT2D eigenvalue weighted by Gasteiger charge is -2.03. The van der Waals surface area contributed by atoms with Crippen LogP contribution in [0.15, 0.2) is 41.5 Å². The molecule has 0 spiro atoms. The number of imidazole rings is 1. The summed E-state index contributed by atoms with van der Waals surface area (Å²) in [4.78, 5) is 36.8. The predicted molar refractivity (Wildman–Crippen MR) is 67.4 cm³/mol. The lowest BCUT2D eigenvalue weighted by Crippen LogP contribution is -2.18. The minimum atomic E-state index is -0.880. The van der Waals surface area contributed by atoms with Crippen LogP contribution in [-0.4, -0.2) is 27.9 Å². The largest absolute Gasteiger partial charge is 0.460 e. The van der Waals surface area contributed by atoms with Gasteiger partial charge in [-0.1, -0.05) is 0 Å². The molecule has 98 valence electrons. The second-order valence-corrected chi connectivity index (χ2v) is 3.73. The molecule has 1 N–H and O–H groups in total. The summed E-state index contributed by atoms with van der Waals surface area (Å²) in [6, 6.07) is 6.13. The lowest BCUT2D eigenvalue weighted by molar-refractivity contribution is -0.137. The molecule has 19 heavy (non-hydrogen) atoms. The fourth-order valence-electron chi connectivity index (χ4n) is 1.61. The van der Waals surface area contributed by atoms with E-state index in [0.29, 0.717) is 5.69 Å². The van der Waals surface area contributed by atoms with Crippen molar-refractivity contribution in [1.82, 2.24) is 9.55 Å². The highest BCUT2D eigenvalue weighted by Gasteiger charge is 2.17. The van der Waals surface area contributed by atoms with Gasteiger partial charge >= 0.3 is 11.7 Å². The maximum absolute atomic E-state index is 11.7. The van der Waals surface area contributed by atoms with Gasteiger partial charge in [0.1, 0.15) is 0 Å². The SMILES string of the molecule is CCOC(=O)C(=O)c1ccc(-n2cc[nH]c2=O)cc1. The van der Waals surface area contributed by atoms with Crippen molar-refractivity contribution in [2.45, 2.75) is 6.92 Å². The molecule has 0 fully saturated rings. The molecule has 1 heterocycles. The molecule has 1 aromatic carbocycles. The Labute approximate surface area is 108 Å². The molecule has 0 atom stereocenters. The number of H-pyrrole nitrogens is 1. The van der Waals surface area contributed by atoms with Crippen LogP contribution < -0.4 is 5.69 Å². The van der Waals surface area contributed by atoms with Crippen molar-refractivity contribution in [3.63, 3.8) is 0 Å². The molecule has 0 radical (unpaired) electrons. The van der Waals surface area contributed by atoms with Gasteiger partial charge < -0.3 is 9.72 Å². The number of benzene rings is 1. The van der Waals surface area contributed by atoms with E-state index in [1.165, 1.54) is 22.9 Å². The lowest BCUT2D eigenvalue weighted by atomic mass is 10.1. The number of carbonyl (C=O) groups excluding carboxylic acids is 2. The molecule has 2 aromatic rings. The zero-order chi connectivity index (χ0) is 13.8. The van der Waals surface area contributed by atoms with Gasteiger partial charge in [0.05, 0.1) is 12.3 Å². The van der Waals surface area contributed by atoms with Crippen LogP contribution in [0, 0.1) is 0 Å². The third kappa shape index (κ3) is 2.62. The van der Waals surface area contributed by atoms with E-state index in [1.54, 1.807) is 25.3 Å². The Kier molecular flexibility index (Phi) is 3.61. The maximum Gasteiger partial charge on any atom is 0.379 e. The summed E-state index contributed by atoms with van der Waals surface area (Å²) in [5.74, 6) is -1.58. The number of aromatic nitrogens is 2. The summed E-state index contributed by atoms with van der Waals surface area (Å²) in [6.07, 6.45) is 3.09. The van der Waals surface area contributed by atoms with Crippen LogP contribution in [0.1, 0.15) is 17.3 Å². The number of aromatic amines is 1. The first-order chi connectivity index (χ1) is 9.13. The van der Waals surface area contributed by atoms with Gasteiger partial charge in [-0.25, -0.2) is 9.59 Å². The van der Waals surface area contributed by atoms with Crippen LogP contribution in [0.25, 0.3) is 5.69 Å². The Bertz CT molecular complexity index is 652. The van der Waals surface area contributed by atoms with Crippen molar-refractivity contribution in [3.8, 4) is 5.69 Å².